The van der Waals surface area contributed by atoms with Crippen molar-refractivity contribution in [1.29, 1.82) is 0 Å². The van der Waals surface area contributed by atoms with Gasteiger partial charge >= 0.3 is 0 Å². The molecule has 3 rings (SSSR count). The Morgan fingerprint density at radius 2 is 2.06 bits per heavy atom. The van der Waals surface area contributed by atoms with Crippen LogP contribution >= 0.6 is 24.2 Å². The van der Waals surface area contributed by atoms with Gasteiger partial charge < -0.3 is 10.2 Å². The SMILES string of the molecule is Cl.O=C(C1CCNC1)N1CCSC2CCCCC21. The second kappa shape index (κ2) is 6.49. The summed E-state index contributed by atoms with van der Waals surface area (Å²) >= 11 is 2.10. The van der Waals surface area contributed by atoms with Crippen molar-refractivity contribution in [2.45, 2.75) is 43.4 Å². The van der Waals surface area contributed by atoms with E-state index in [1.165, 1.54) is 25.7 Å². The largest absolute Gasteiger partial charge is 0.337 e. The summed E-state index contributed by atoms with van der Waals surface area (Å²) in [7, 11) is 0. The number of fused-ring (bicyclic) bond motifs is 1. The highest BCUT2D eigenvalue weighted by molar-refractivity contribution is 8.00. The summed E-state index contributed by atoms with van der Waals surface area (Å²) in [6.45, 7) is 2.91. The number of nitrogens with zero attached hydrogens (tertiary/aromatic N) is 1. The Morgan fingerprint density at radius 3 is 2.83 bits per heavy atom. The van der Waals surface area contributed by atoms with E-state index < -0.39 is 0 Å². The van der Waals surface area contributed by atoms with Gasteiger partial charge in [0, 0.05) is 30.1 Å². The van der Waals surface area contributed by atoms with Crippen LogP contribution in [-0.4, -0.2) is 47.5 Å². The van der Waals surface area contributed by atoms with Gasteiger partial charge in [-0.25, -0.2) is 0 Å². The van der Waals surface area contributed by atoms with Crippen LogP contribution in [0.25, 0.3) is 0 Å². The number of hydrogen-bond acceptors (Lipinski definition) is 3. The Kier molecular flexibility index (Phi) is 5.22. The lowest BCUT2D eigenvalue weighted by Gasteiger charge is -2.44. The third-order valence-electron chi connectivity index (χ3n) is 4.42. The van der Waals surface area contributed by atoms with Crippen molar-refractivity contribution >= 4 is 30.1 Å². The lowest BCUT2D eigenvalue weighted by molar-refractivity contribution is -0.137. The zero-order chi connectivity index (χ0) is 11.7. The van der Waals surface area contributed by atoms with Crippen LogP contribution in [0.2, 0.25) is 0 Å². The monoisotopic (exact) mass is 290 g/mol. The number of carbonyl (C=O) groups is 1. The van der Waals surface area contributed by atoms with Gasteiger partial charge in [-0.2, -0.15) is 11.8 Å². The topological polar surface area (TPSA) is 32.3 Å². The van der Waals surface area contributed by atoms with Crippen molar-refractivity contribution in [3.05, 3.63) is 0 Å². The normalized spacial score (nSPS) is 35.8. The minimum Gasteiger partial charge on any atom is -0.337 e. The molecule has 3 nitrogen and oxygen atoms in total. The Balaban J connectivity index is 0.00000120. The molecule has 0 aromatic carbocycles. The van der Waals surface area contributed by atoms with E-state index in [9.17, 15) is 4.79 Å². The standard InChI is InChI=1S/C13H22N2OS.ClH/c16-13(10-5-6-14-9-10)15-7-8-17-12-4-2-1-3-11(12)15;/h10-12,14H,1-9H2;1H. The highest BCUT2D eigenvalue weighted by Crippen LogP contribution is 2.36. The fraction of sp³-hybridized carbons (Fsp3) is 0.923. The van der Waals surface area contributed by atoms with Gasteiger partial charge in [-0.1, -0.05) is 12.8 Å². The average Bonchev–Trinajstić information content (AvgIpc) is 2.91. The van der Waals surface area contributed by atoms with E-state index in [-0.39, 0.29) is 18.3 Å². The predicted octanol–water partition coefficient (Wildman–Crippen LogP) is 1.90. The molecule has 1 saturated carbocycles. The average molecular weight is 291 g/mol. The first kappa shape index (κ1) is 14.5. The molecule has 3 aliphatic rings. The number of hydrogen-bond donors (Lipinski definition) is 1. The molecule has 0 aromatic rings. The molecule has 104 valence electrons. The Hall–Kier alpha value is 0.0700. The fourth-order valence-electron chi connectivity index (χ4n) is 3.47. The number of amides is 1. The van der Waals surface area contributed by atoms with Gasteiger partial charge in [0.1, 0.15) is 0 Å². The molecule has 3 unspecified atom stereocenters. The minimum atomic E-state index is 0. The van der Waals surface area contributed by atoms with Gasteiger partial charge in [0.15, 0.2) is 0 Å². The fourth-order valence-corrected chi connectivity index (χ4v) is 4.91. The molecule has 1 aliphatic carbocycles. The maximum absolute atomic E-state index is 12.5. The van der Waals surface area contributed by atoms with Gasteiger partial charge in [-0.05, 0) is 25.8 Å². The van der Waals surface area contributed by atoms with Crippen molar-refractivity contribution in [1.82, 2.24) is 10.2 Å². The molecule has 0 aromatic heterocycles. The van der Waals surface area contributed by atoms with Gasteiger partial charge in [0.2, 0.25) is 5.91 Å². The van der Waals surface area contributed by atoms with Crippen LogP contribution in [0.3, 0.4) is 0 Å². The second-order valence-corrected chi connectivity index (χ2v) is 6.83. The van der Waals surface area contributed by atoms with E-state index in [0.29, 0.717) is 11.9 Å². The molecule has 3 atom stereocenters. The molecule has 2 heterocycles. The first-order valence-corrected chi connectivity index (χ1v) is 8.04. The van der Waals surface area contributed by atoms with Crippen molar-refractivity contribution in [3.8, 4) is 0 Å². The van der Waals surface area contributed by atoms with Crippen molar-refractivity contribution in [3.63, 3.8) is 0 Å². The van der Waals surface area contributed by atoms with Gasteiger partial charge in [0.05, 0.1) is 5.92 Å². The maximum Gasteiger partial charge on any atom is 0.227 e. The van der Waals surface area contributed by atoms with Crippen LogP contribution < -0.4 is 5.32 Å². The molecule has 2 saturated heterocycles. The molecule has 2 aliphatic heterocycles. The van der Waals surface area contributed by atoms with Crippen molar-refractivity contribution < 1.29 is 4.79 Å². The quantitative estimate of drug-likeness (QED) is 0.801. The van der Waals surface area contributed by atoms with Gasteiger partial charge in [-0.15, -0.1) is 12.4 Å². The summed E-state index contributed by atoms with van der Waals surface area (Å²) in [5.41, 5.74) is 0. The predicted molar refractivity (Wildman–Crippen MR) is 78.4 cm³/mol. The summed E-state index contributed by atoms with van der Waals surface area (Å²) in [5.74, 6) is 1.85. The van der Waals surface area contributed by atoms with E-state index in [1.807, 2.05) is 0 Å². The number of halogens is 1. The van der Waals surface area contributed by atoms with Crippen molar-refractivity contribution in [2.75, 3.05) is 25.4 Å². The highest BCUT2D eigenvalue weighted by atomic mass is 35.5. The summed E-state index contributed by atoms with van der Waals surface area (Å²) < 4.78 is 0. The van der Waals surface area contributed by atoms with Crippen LogP contribution in [-0.2, 0) is 4.79 Å². The molecule has 1 N–H and O–H groups in total. The lowest BCUT2D eigenvalue weighted by atomic mass is 9.92. The summed E-state index contributed by atoms with van der Waals surface area (Å²) in [6, 6.07) is 0.551. The van der Waals surface area contributed by atoms with Crippen LogP contribution in [0.1, 0.15) is 32.1 Å². The van der Waals surface area contributed by atoms with Gasteiger partial charge in [-0.3, -0.25) is 4.79 Å². The van der Waals surface area contributed by atoms with Crippen molar-refractivity contribution in [2.24, 2.45) is 5.92 Å². The molecular formula is C13H23ClN2OS. The summed E-state index contributed by atoms with van der Waals surface area (Å²) in [4.78, 5) is 14.8. The molecule has 0 radical (unpaired) electrons. The van der Waals surface area contributed by atoms with E-state index >= 15 is 0 Å². The third kappa shape index (κ3) is 2.81. The molecule has 1 amide bonds. The van der Waals surface area contributed by atoms with E-state index in [1.54, 1.807) is 0 Å². The number of rotatable bonds is 1. The number of nitrogens with one attached hydrogen (secondary N) is 1. The molecule has 3 fully saturated rings. The van der Waals surface area contributed by atoms with Gasteiger partial charge in [0.25, 0.3) is 0 Å². The van der Waals surface area contributed by atoms with E-state index in [0.717, 1.165) is 37.1 Å². The molecule has 0 spiro atoms. The molecule has 18 heavy (non-hydrogen) atoms. The Bertz CT molecular complexity index is 295. The smallest absolute Gasteiger partial charge is 0.227 e. The van der Waals surface area contributed by atoms with E-state index in [2.05, 4.69) is 22.0 Å². The maximum atomic E-state index is 12.5. The zero-order valence-electron chi connectivity index (χ0n) is 10.8. The third-order valence-corrected chi connectivity index (χ3v) is 5.82. The number of thioether (sulfide) groups is 1. The number of carbonyl (C=O) groups excluding carboxylic acids is 1. The van der Waals surface area contributed by atoms with Crippen LogP contribution in [0.15, 0.2) is 0 Å². The first-order chi connectivity index (χ1) is 8.36. The van der Waals surface area contributed by atoms with Crippen LogP contribution in [0, 0.1) is 5.92 Å². The van der Waals surface area contributed by atoms with E-state index in [4.69, 9.17) is 0 Å². The van der Waals surface area contributed by atoms with Crippen LogP contribution in [0.4, 0.5) is 0 Å². The minimum absolute atomic E-state index is 0. The molecule has 5 heteroatoms. The zero-order valence-corrected chi connectivity index (χ0v) is 12.4. The Labute approximate surface area is 120 Å². The summed E-state index contributed by atoms with van der Waals surface area (Å²) in [6.07, 6.45) is 6.28. The first-order valence-electron chi connectivity index (χ1n) is 6.99. The lowest BCUT2D eigenvalue weighted by Crippen LogP contribution is -2.53. The van der Waals surface area contributed by atoms with Crippen LogP contribution in [0.5, 0.6) is 0 Å². The second-order valence-electron chi connectivity index (χ2n) is 5.48. The molecule has 0 bridgehead atoms. The summed E-state index contributed by atoms with van der Waals surface area (Å²) in [5, 5.41) is 4.04. The highest BCUT2D eigenvalue weighted by Gasteiger charge is 2.38. The molecular weight excluding hydrogens is 268 g/mol. The Morgan fingerprint density at radius 1 is 1.22 bits per heavy atom.